The van der Waals surface area contributed by atoms with E-state index in [9.17, 15) is 4.79 Å². The maximum Gasteiger partial charge on any atom is 0.150 e. The van der Waals surface area contributed by atoms with Gasteiger partial charge in [0, 0.05) is 5.56 Å². The molecule has 1 heteroatoms. The lowest BCUT2D eigenvalue weighted by Gasteiger charge is -2.42. The lowest BCUT2D eigenvalue weighted by Crippen LogP contribution is -2.33. The summed E-state index contributed by atoms with van der Waals surface area (Å²) >= 11 is 0. The van der Waals surface area contributed by atoms with Crippen molar-refractivity contribution in [3.05, 3.63) is 59.2 Å². The molecule has 0 unspecified atom stereocenters. The second kappa shape index (κ2) is 5.08. The Morgan fingerprint density at radius 3 is 2.18 bits per heavy atom. The maximum atomic E-state index is 11.3. The Kier molecular flexibility index (Phi) is 3.47. The molecule has 0 amide bonds. The van der Waals surface area contributed by atoms with Crippen molar-refractivity contribution in [3.8, 4) is 11.1 Å². The number of hydrogen-bond donors (Lipinski definition) is 0. The highest BCUT2D eigenvalue weighted by Gasteiger charge is 2.36. The normalized spacial score (nSPS) is 18.5. The summed E-state index contributed by atoms with van der Waals surface area (Å²) in [7, 11) is 0. The fourth-order valence-corrected chi connectivity index (χ4v) is 3.62. The molecule has 1 nitrogen and oxygen atoms in total. The van der Waals surface area contributed by atoms with Crippen LogP contribution in [0.4, 0.5) is 0 Å². The van der Waals surface area contributed by atoms with E-state index in [0.717, 1.165) is 23.0 Å². The molecule has 0 aliphatic heterocycles. The first-order valence-corrected chi connectivity index (χ1v) is 8.05. The molecule has 0 radical (unpaired) electrons. The van der Waals surface area contributed by atoms with Crippen LogP contribution < -0.4 is 0 Å². The molecular formula is C21H24O. The molecule has 1 aliphatic carbocycles. The molecule has 1 aliphatic rings. The summed E-state index contributed by atoms with van der Waals surface area (Å²) in [6.45, 7) is 9.33. The lowest BCUT2D eigenvalue weighted by atomic mass is 9.63. The van der Waals surface area contributed by atoms with Crippen molar-refractivity contribution in [2.45, 2.75) is 51.4 Å². The highest BCUT2D eigenvalue weighted by atomic mass is 16.1. The molecule has 3 rings (SSSR count). The summed E-state index contributed by atoms with van der Waals surface area (Å²) in [6, 6.07) is 14.6. The highest BCUT2D eigenvalue weighted by molar-refractivity contribution is 5.87. The molecule has 0 atom stereocenters. The van der Waals surface area contributed by atoms with Crippen molar-refractivity contribution in [2.75, 3.05) is 0 Å². The van der Waals surface area contributed by atoms with E-state index in [0.29, 0.717) is 0 Å². The van der Waals surface area contributed by atoms with Crippen LogP contribution in [-0.2, 0) is 10.8 Å². The van der Waals surface area contributed by atoms with Crippen LogP contribution in [0.5, 0.6) is 0 Å². The minimum atomic E-state index is 0.191. The van der Waals surface area contributed by atoms with Crippen molar-refractivity contribution < 1.29 is 4.79 Å². The number of rotatable bonds is 2. The van der Waals surface area contributed by atoms with Crippen LogP contribution in [0.1, 0.15) is 62.0 Å². The monoisotopic (exact) mass is 292 g/mol. The zero-order valence-electron chi connectivity index (χ0n) is 13.9. The van der Waals surface area contributed by atoms with Crippen LogP contribution in [0.25, 0.3) is 11.1 Å². The van der Waals surface area contributed by atoms with Crippen molar-refractivity contribution in [1.29, 1.82) is 0 Å². The Bertz CT molecular complexity index is 722. The molecule has 114 valence electrons. The smallest absolute Gasteiger partial charge is 0.150 e. The zero-order valence-corrected chi connectivity index (χ0v) is 13.9. The van der Waals surface area contributed by atoms with Gasteiger partial charge in [0.25, 0.3) is 0 Å². The number of hydrogen-bond acceptors (Lipinski definition) is 1. The van der Waals surface area contributed by atoms with Gasteiger partial charge >= 0.3 is 0 Å². The second-order valence-corrected chi connectivity index (χ2v) is 7.73. The Hall–Kier alpha value is -1.89. The predicted octanol–water partition coefficient (Wildman–Crippen LogP) is 5.52. The average molecular weight is 292 g/mol. The van der Waals surface area contributed by atoms with Crippen LogP contribution in [0.2, 0.25) is 0 Å². The average Bonchev–Trinajstić information content (AvgIpc) is 2.51. The molecular weight excluding hydrogens is 268 g/mol. The first-order valence-electron chi connectivity index (χ1n) is 8.05. The third-order valence-corrected chi connectivity index (χ3v) is 5.25. The molecule has 2 aromatic rings. The molecule has 22 heavy (non-hydrogen) atoms. The summed E-state index contributed by atoms with van der Waals surface area (Å²) in [5, 5.41) is 0. The molecule has 0 saturated heterocycles. The van der Waals surface area contributed by atoms with Crippen molar-refractivity contribution in [2.24, 2.45) is 0 Å². The minimum absolute atomic E-state index is 0.191. The molecule has 0 heterocycles. The quantitative estimate of drug-likeness (QED) is 0.666. The van der Waals surface area contributed by atoms with E-state index in [4.69, 9.17) is 0 Å². The Labute approximate surface area is 133 Å². The summed E-state index contributed by atoms with van der Waals surface area (Å²) < 4.78 is 0. The predicted molar refractivity (Wildman–Crippen MR) is 92.6 cm³/mol. The van der Waals surface area contributed by atoms with Gasteiger partial charge in [-0.1, -0.05) is 70.2 Å². The second-order valence-electron chi connectivity index (χ2n) is 7.73. The van der Waals surface area contributed by atoms with Gasteiger partial charge in [0.05, 0.1) is 0 Å². The lowest BCUT2D eigenvalue weighted by molar-refractivity contribution is 0.112. The van der Waals surface area contributed by atoms with Crippen LogP contribution in [0.15, 0.2) is 42.5 Å². The Morgan fingerprint density at radius 2 is 1.50 bits per heavy atom. The summed E-state index contributed by atoms with van der Waals surface area (Å²) in [4.78, 5) is 11.3. The van der Waals surface area contributed by atoms with E-state index < -0.39 is 0 Å². The number of benzene rings is 2. The summed E-state index contributed by atoms with van der Waals surface area (Å²) in [6.07, 6.45) is 3.37. The Balaban J connectivity index is 2.20. The topological polar surface area (TPSA) is 17.1 Å². The van der Waals surface area contributed by atoms with Crippen LogP contribution in [0, 0.1) is 0 Å². The SMILES string of the molecule is CC1(C)CCC(C)(C)c2cc(-c3ccccc3C=O)ccc21. The minimum Gasteiger partial charge on any atom is -0.298 e. The van der Waals surface area contributed by atoms with Crippen molar-refractivity contribution in [1.82, 2.24) is 0 Å². The van der Waals surface area contributed by atoms with Crippen molar-refractivity contribution >= 4 is 6.29 Å². The van der Waals surface area contributed by atoms with E-state index in [2.05, 4.69) is 45.9 Å². The van der Waals surface area contributed by atoms with Gasteiger partial charge in [-0.15, -0.1) is 0 Å². The zero-order chi connectivity index (χ0) is 16.0. The summed E-state index contributed by atoms with van der Waals surface area (Å²) in [5.74, 6) is 0. The van der Waals surface area contributed by atoms with Crippen LogP contribution >= 0.6 is 0 Å². The Morgan fingerprint density at radius 1 is 0.864 bits per heavy atom. The van der Waals surface area contributed by atoms with Crippen LogP contribution in [-0.4, -0.2) is 6.29 Å². The molecule has 0 saturated carbocycles. The van der Waals surface area contributed by atoms with E-state index in [-0.39, 0.29) is 10.8 Å². The third kappa shape index (κ3) is 2.39. The van der Waals surface area contributed by atoms with Gasteiger partial charge in [0.15, 0.2) is 6.29 Å². The number of fused-ring (bicyclic) bond motifs is 1. The van der Waals surface area contributed by atoms with E-state index in [1.807, 2.05) is 24.3 Å². The number of aldehydes is 1. The van der Waals surface area contributed by atoms with E-state index in [1.165, 1.54) is 24.0 Å². The number of carbonyl (C=O) groups is 1. The van der Waals surface area contributed by atoms with Gasteiger partial charge in [-0.25, -0.2) is 0 Å². The standard InChI is InChI=1S/C21H24O/c1-20(2)11-12-21(3,4)19-13-15(9-10-18(19)20)17-8-6-5-7-16(17)14-22/h5-10,13-14H,11-12H2,1-4H3. The molecule has 0 fully saturated rings. The van der Waals surface area contributed by atoms with Gasteiger partial charge in [-0.05, 0) is 45.9 Å². The molecule has 0 N–H and O–H groups in total. The molecule has 2 aromatic carbocycles. The maximum absolute atomic E-state index is 11.3. The largest absolute Gasteiger partial charge is 0.298 e. The van der Waals surface area contributed by atoms with Gasteiger partial charge in [0.1, 0.15) is 0 Å². The first kappa shape index (κ1) is 15.0. The third-order valence-electron chi connectivity index (χ3n) is 5.25. The van der Waals surface area contributed by atoms with Gasteiger partial charge < -0.3 is 0 Å². The molecule has 0 spiro atoms. The number of carbonyl (C=O) groups excluding carboxylic acids is 1. The molecule has 0 bridgehead atoms. The molecule has 0 aromatic heterocycles. The van der Waals surface area contributed by atoms with Gasteiger partial charge in [-0.3, -0.25) is 4.79 Å². The summed E-state index contributed by atoms with van der Waals surface area (Å²) in [5.41, 5.74) is 6.24. The van der Waals surface area contributed by atoms with E-state index in [1.54, 1.807) is 0 Å². The highest BCUT2D eigenvalue weighted by Crippen LogP contribution is 2.46. The van der Waals surface area contributed by atoms with Gasteiger partial charge in [0.2, 0.25) is 0 Å². The first-order chi connectivity index (χ1) is 10.3. The van der Waals surface area contributed by atoms with Gasteiger partial charge in [-0.2, -0.15) is 0 Å². The fraction of sp³-hybridized carbons (Fsp3) is 0.381. The van der Waals surface area contributed by atoms with E-state index >= 15 is 0 Å². The van der Waals surface area contributed by atoms with Crippen molar-refractivity contribution in [3.63, 3.8) is 0 Å². The van der Waals surface area contributed by atoms with Crippen LogP contribution in [0.3, 0.4) is 0 Å². The fourth-order valence-electron chi connectivity index (χ4n) is 3.62.